The highest BCUT2D eigenvalue weighted by Crippen LogP contribution is 2.21. The lowest BCUT2D eigenvalue weighted by Crippen LogP contribution is -2.00. The molecule has 0 aliphatic rings. The average molecular weight is 340 g/mol. The summed E-state index contributed by atoms with van der Waals surface area (Å²) in [5, 5.41) is 0. The van der Waals surface area contributed by atoms with Crippen LogP contribution in [0.25, 0.3) is 0 Å². The Kier molecular flexibility index (Phi) is 4.93. The summed E-state index contributed by atoms with van der Waals surface area (Å²) < 4.78 is 42.0. The van der Waals surface area contributed by atoms with Crippen LogP contribution in [0.3, 0.4) is 0 Å². The Morgan fingerprint density at radius 3 is 1.92 bits per heavy atom. The summed E-state index contributed by atoms with van der Waals surface area (Å²) in [4.78, 5) is 0. The topological polar surface area (TPSA) is 0 Å². The first-order valence-corrected chi connectivity index (χ1v) is 8.20. The molecule has 0 bridgehead atoms. The van der Waals surface area contributed by atoms with Gasteiger partial charge in [0.2, 0.25) is 0 Å². The summed E-state index contributed by atoms with van der Waals surface area (Å²) in [5.74, 6) is -2.02. The van der Waals surface area contributed by atoms with Crippen molar-refractivity contribution in [3.8, 4) is 0 Å². The summed E-state index contributed by atoms with van der Waals surface area (Å²) >= 11 is 0. The smallest absolute Gasteiger partial charge is 0.162 e. The molecule has 0 nitrogen and oxygen atoms in total. The Morgan fingerprint density at radius 1 is 0.640 bits per heavy atom. The second kappa shape index (κ2) is 7.14. The molecule has 0 heterocycles. The Bertz CT molecular complexity index is 896. The van der Waals surface area contributed by atoms with E-state index in [4.69, 9.17) is 0 Å². The quantitative estimate of drug-likeness (QED) is 0.554. The van der Waals surface area contributed by atoms with Crippen LogP contribution in [0.1, 0.15) is 33.4 Å². The molecule has 0 aliphatic heterocycles. The second-order valence-electron chi connectivity index (χ2n) is 6.43. The van der Waals surface area contributed by atoms with E-state index in [0.717, 1.165) is 11.1 Å². The van der Waals surface area contributed by atoms with Crippen molar-refractivity contribution in [2.75, 3.05) is 0 Å². The number of benzene rings is 3. The first-order valence-electron chi connectivity index (χ1n) is 8.20. The molecule has 0 aliphatic carbocycles. The number of hydrogen-bond donors (Lipinski definition) is 0. The van der Waals surface area contributed by atoms with Crippen LogP contribution in [-0.2, 0) is 12.8 Å². The van der Waals surface area contributed by atoms with Gasteiger partial charge >= 0.3 is 0 Å². The molecule has 0 fully saturated rings. The fourth-order valence-electron chi connectivity index (χ4n) is 2.81. The van der Waals surface area contributed by atoms with Crippen molar-refractivity contribution in [3.05, 3.63) is 105 Å². The Labute approximate surface area is 146 Å². The zero-order chi connectivity index (χ0) is 18.0. The van der Waals surface area contributed by atoms with E-state index >= 15 is 0 Å². The highest BCUT2D eigenvalue weighted by Gasteiger charge is 2.12. The van der Waals surface area contributed by atoms with Gasteiger partial charge in [-0.3, -0.25) is 0 Å². The third-order valence-corrected chi connectivity index (χ3v) is 4.38. The standard InChI is InChI=1S/C22H19F3/c1-14-3-6-16(7-4-14)11-18-10-8-17(13-20(18)23)12-19-9-5-15(2)21(24)22(19)25/h3-10,13H,11-12H2,1-2H3. The van der Waals surface area contributed by atoms with E-state index in [1.54, 1.807) is 18.2 Å². The Hall–Kier alpha value is -2.55. The molecule has 128 valence electrons. The van der Waals surface area contributed by atoms with Gasteiger partial charge in [0.05, 0.1) is 0 Å². The predicted molar refractivity (Wildman–Crippen MR) is 94.3 cm³/mol. The number of rotatable bonds is 4. The zero-order valence-electron chi connectivity index (χ0n) is 14.2. The molecule has 0 atom stereocenters. The van der Waals surface area contributed by atoms with Crippen LogP contribution in [0.5, 0.6) is 0 Å². The van der Waals surface area contributed by atoms with Gasteiger partial charge in [-0.2, -0.15) is 0 Å². The fourth-order valence-corrected chi connectivity index (χ4v) is 2.81. The normalized spacial score (nSPS) is 10.9. The van der Waals surface area contributed by atoms with Crippen LogP contribution in [0.2, 0.25) is 0 Å². The molecule has 0 amide bonds. The molecular weight excluding hydrogens is 321 g/mol. The van der Waals surface area contributed by atoms with Crippen LogP contribution in [0.15, 0.2) is 54.6 Å². The highest BCUT2D eigenvalue weighted by atomic mass is 19.2. The molecule has 3 aromatic carbocycles. The second-order valence-corrected chi connectivity index (χ2v) is 6.43. The van der Waals surface area contributed by atoms with Gasteiger partial charge < -0.3 is 0 Å². The van der Waals surface area contributed by atoms with Crippen LogP contribution >= 0.6 is 0 Å². The molecular formula is C22H19F3. The minimum atomic E-state index is -0.857. The van der Waals surface area contributed by atoms with E-state index in [-0.39, 0.29) is 23.4 Å². The number of halogens is 3. The number of aryl methyl sites for hydroxylation is 2. The fraction of sp³-hybridized carbons (Fsp3) is 0.182. The van der Waals surface area contributed by atoms with Crippen molar-refractivity contribution < 1.29 is 13.2 Å². The van der Waals surface area contributed by atoms with Crippen molar-refractivity contribution in [2.24, 2.45) is 0 Å². The van der Waals surface area contributed by atoms with Crippen molar-refractivity contribution in [1.82, 2.24) is 0 Å². The van der Waals surface area contributed by atoms with E-state index in [1.807, 2.05) is 31.2 Å². The minimum absolute atomic E-state index is 0.158. The van der Waals surface area contributed by atoms with E-state index in [9.17, 15) is 13.2 Å². The molecule has 25 heavy (non-hydrogen) atoms. The molecule has 0 aromatic heterocycles. The van der Waals surface area contributed by atoms with E-state index in [2.05, 4.69) is 0 Å². The lowest BCUT2D eigenvalue weighted by atomic mass is 9.98. The maximum atomic E-state index is 14.4. The van der Waals surface area contributed by atoms with Gasteiger partial charge in [0, 0.05) is 12.8 Å². The first kappa shape index (κ1) is 17.3. The van der Waals surface area contributed by atoms with Crippen molar-refractivity contribution >= 4 is 0 Å². The van der Waals surface area contributed by atoms with Gasteiger partial charge in [0.1, 0.15) is 5.82 Å². The maximum absolute atomic E-state index is 14.4. The minimum Gasteiger partial charge on any atom is -0.207 e. The summed E-state index contributed by atoms with van der Waals surface area (Å²) in [6, 6.07) is 15.9. The van der Waals surface area contributed by atoms with Gasteiger partial charge in [-0.25, -0.2) is 13.2 Å². The molecule has 0 radical (unpaired) electrons. The summed E-state index contributed by atoms with van der Waals surface area (Å²) in [6.45, 7) is 3.52. The van der Waals surface area contributed by atoms with E-state index in [1.165, 1.54) is 19.1 Å². The molecule has 3 rings (SSSR count). The van der Waals surface area contributed by atoms with Gasteiger partial charge in [-0.1, -0.05) is 54.1 Å². The molecule has 3 aromatic rings. The SMILES string of the molecule is Cc1ccc(Cc2ccc(Cc3ccc(C)c(F)c3F)cc2F)cc1. The van der Waals surface area contributed by atoms with Gasteiger partial charge in [-0.15, -0.1) is 0 Å². The first-order chi connectivity index (χ1) is 11.9. The van der Waals surface area contributed by atoms with Crippen LogP contribution in [0, 0.1) is 31.3 Å². The Morgan fingerprint density at radius 2 is 1.24 bits per heavy atom. The monoisotopic (exact) mass is 340 g/mol. The molecule has 0 N–H and O–H groups in total. The summed E-state index contributed by atoms with van der Waals surface area (Å²) in [7, 11) is 0. The largest absolute Gasteiger partial charge is 0.207 e. The summed E-state index contributed by atoms with van der Waals surface area (Å²) in [6.07, 6.45) is 0.657. The maximum Gasteiger partial charge on any atom is 0.162 e. The van der Waals surface area contributed by atoms with Crippen LogP contribution in [-0.4, -0.2) is 0 Å². The molecule has 0 saturated carbocycles. The third-order valence-electron chi connectivity index (χ3n) is 4.38. The molecule has 0 spiro atoms. The Balaban J connectivity index is 1.80. The lowest BCUT2D eigenvalue weighted by Gasteiger charge is -2.09. The van der Waals surface area contributed by atoms with Crippen LogP contribution in [0.4, 0.5) is 13.2 Å². The van der Waals surface area contributed by atoms with Gasteiger partial charge in [-0.05, 0) is 47.7 Å². The van der Waals surface area contributed by atoms with Crippen molar-refractivity contribution in [2.45, 2.75) is 26.7 Å². The predicted octanol–water partition coefficient (Wildman–Crippen LogP) is 5.90. The third kappa shape index (κ3) is 3.93. The molecule has 0 saturated heterocycles. The van der Waals surface area contributed by atoms with E-state index in [0.29, 0.717) is 17.5 Å². The lowest BCUT2D eigenvalue weighted by molar-refractivity contribution is 0.495. The zero-order valence-corrected chi connectivity index (χ0v) is 14.2. The highest BCUT2D eigenvalue weighted by molar-refractivity contribution is 5.35. The molecule has 3 heteroatoms. The number of hydrogen-bond acceptors (Lipinski definition) is 0. The van der Waals surface area contributed by atoms with Gasteiger partial charge in [0.15, 0.2) is 11.6 Å². The van der Waals surface area contributed by atoms with Crippen molar-refractivity contribution in [1.29, 1.82) is 0 Å². The molecule has 0 unspecified atom stereocenters. The van der Waals surface area contributed by atoms with Crippen molar-refractivity contribution in [3.63, 3.8) is 0 Å². The average Bonchev–Trinajstić information content (AvgIpc) is 2.60. The van der Waals surface area contributed by atoms with E-state index < -0.39 is 11.6 Å². The van der Waals surface area contributed by atoms with Gasteiger partial charge in [0.25, 0.3) is 0 Å². The van der Waals surface area contributed by atoms with Crippen LogP contribution < -0.4 is 0 Å². The summed E-state index contributed by atoms with van der Waals surface area (Å²) in [5.41, 5.74) is 3.89.